The van der Waals surface area contributed by atoms with Crippen molar-refractivity contribution in [2.75, 3.05) is 26.2 Å². The van der Waals surface area contributed by atoms with Gasteiger partial charge in [-0.2, -0.15) is 0 Å². The van der Waals surface area contributed by atoms with Gasteiger partial charge in [-0.15, -0.1) is 0 Å². The summed E-state index contributed by atoms with van der Waals surface area (Å²) in [5.41, 5.74) is 0.638. The Kier molecular flexibility index (Phi) is 6.49. The molecule has 1 aromatic rings. The molecule has 1 atom stereocenters. The number of halogens is 1. The fraction of sp³-hybridized carbons (Fsp3) is 0.562. The van der Waals surface area contributed by atoms with E-state index >= 15 is 0 Å². The first-order valence-corrected chi connectivity index (χ1v) is 7.97. The van der Waals surface area contributed by atoms with E-state index < -0.39 is 0 Å². The summed E-state index contributed by atoms with van der Waals surface area (Å²) >= 11 is 5.79. The van der Waals surface area contributed by atoms with Crippen molar-refractivity contribution in [2.45, 2.75) is 31.7 Å². The molecule has 0 saturated carbocycles. The monoisotopic (exact) mass is 310 g/mol. The summed E-state index contributed by atoms with van der Waals surface area (Å²) in [5, 5.41) is 12.8. The number of amides is 1. The number of nitrogens with one attached hydrogen (secondary N) is 1. The minimum Gasteiger partial charge on any atom is -0.395 e. The average Bonchev–Trinajstić information content (AvgIpc) is 2.95. The van der Waals surface area contributed by atoms with Crippen molar-refractivity contribution < 1.29 is 9.90 Å². The number of benzene rings is 1. The number of aliphatic hydroxyl groups excluding tert-OH is 1. The van der Waals surface area contributed by atoms with Crippen LogP contribution in [0.15, 0.2) is 24.3 Å². The van der Waals surface area contributed by atoms with Gasteiger partial charge in [0.15, 0.2) is 0 Å². The third-order valence-corrected chi connectivity index (χ3v) is 4.23. The maximum atomic E-state index is 11.9. The van der Waals surface area contributed by atoms with Gasteiger partial charge in [-0.1, -0.05) is 11.6 Å². The first kappa shape index (κ1) is 16.3. The largest absolute Gasteiger partial charge is 0.395 e. The lowest BCUT2D eigenvalue weighted by Crippen LogP contribution is -2.33. The molecule has 1 aliphatic heterocycles. The lowest BCUT2D eigenvalue weighted by Gasteiger charge is -2.22. The summed E-state index contributed by atoms with van der Waals surface area (Å²) in [7, 11) is 0. The Bertz CT molecular complexity index is 450. The Balaban J connectivity index is 1.61. The summed E-state index contributed by atoms with van der Waals surface area (Å²) in [6.45, 7) is 3.02. The number of carbonyl (C=O) groups excluding carboxylic acids is 1. The van der Waals surface area contributed by atoms with E-state index in [4.69, 9.17) is 11.6 Å². The Morgan fingerprint density at radius 2 is 2.10 bits per heavy atom. The van der Waals surface area contributed by atoms with Gasteiger partial charge < -0.3 is 10.4 Å². The van der Waals surface area contributed by atoms with Crippen LogP contribution in [-0.2, 0) is 0 Å². The topological polar surface area (TPSA) is 52.6 Å². The second kappa shape index (κ2) is 8.37. The zero-order chi connectivity index (χ0) is 15.1. The molecule has 1 fully saturated rings. The number of hydrogen-bond acceptors (Lipinski definition) is 3. The lowest BCUT2D eigenvalue weighted by molar-refractivity contribution is 0.0952. The highest BCUT2D eigenvalue weighted by molar-refractivity contribution is 6.30. The van der Waals surface area contributed by atoms with Crippen molar-refractivity contribution in [1.29, 1.82) is 0 Å². The Hall–Kier alpha value is -1.10. The van der Waals surface area contributed by atoms with Gasteiger partial charge in [0, 0.05) is 23.2 Å². The maximum Gasteiger partial charge on any atom is 0.251 e. The number of rotatable bonds is 7. The van der Waals surface area contributed by atoms with E-state index in [0.29, 0.717) is 23.2 Å². The summed E-state index contributed by atoms with van der Waals surface area (Å²) in [6.07, 6.45) is 4.27. The normalized spacial score (nSPS) is 18.9. The number of carbonyl (C=O) groups is 1. The van der Waals surface area contributed by atoms with E-state index in [-0.39, 0.29) is 12.5 Å². The zero-order valence-electron chi connectivity index (χ0n) is 12.2. The first-order valence-electron chi connectivity index (χ1n) is 7.59. The molecule has 0 radical (unpaired) electrons. The molecule has 1 aromatic carbocycles. The molecular weight excluding hydrogens is 288 g/mol. The van der Waals surface area contributed by atoms with Crippen LogP contribution in [0.4, 0.5) is 0 Å². The second-order valence-corrected chi connectivity index (χ2v) is 5.92. The van der Waals surface area contributed by atoms with E-state index in [1.807, 2.05) is 0 Å². The third-order valence-electron chi connectivity index (χ3n) is 3.97. The molecule has 1 heterocycles. The third kappa shape index (κ3) is 4.99. The molecule has 1 saturated heterocycles. The Labute approximate surface area is 131 Å². The zero-order valence-corrected chi connectivity index (χ0v) is 13.0. The van der Waals surface area contributed by atoms with Crippen molar-refractivity contribution in [3.05, 3.63) is 34.9 Å². The van der Waals surface area contributed by atoms with Crippen molar-refractivity contribution in [3.63, 3.8) is 0 Å². The summed E-state index contributed by atoms with van der Waals surface area (Å²) < 4.78 is 0. The van der Waals surface area contributed by atoms with Crippen molar-refractivity contribution in [3.8, 4) is 0 Å². The summed E-state index contributed by atoms with van der Waals surface area (Å²) in [5.74, 6) is -0.0546. The van der Waals surface area contributed by atoms with E-state index in [0.717, 1.165) is 32.4 Å². The molecule has 1 aliphatic rings. The highest BCUT2D eigenvalue weighted by Crippen LogP contribution is 2.16. The number of nitrogens with zero attached hydrogens (tertiary/aromatic N) is 1. The fourth-order valence-corrected chi connectivity index (χ4v) is 2.87. The van der Waals surface area contributed by atoms with Gasteiger partial charge in [0.25, 0.3) is 5.91 Å². The van der Waals surface area contributed by atoms with Crippen LogP contribution in [-0.4, -0.2) is 48.2 Å². The predicted molar refractivity (Wildman–Crippen MR) is 84.7 cm³/mol. The first-order chi connectivity index (χ1) is 10.2. The quantitative estimate of drug-likeness (QED) is 0.760. The maximum absolute atomic E-state index is 11.9. The van der Waals surface area contributed by atoms with Crippen LogP contribution < -0.4 is 5.32 Å². The minimum atomic E-state index is -0.0546. The standard InChI is InChI=1S/C16H23ClN2O2/c17-14-7-5-13(6-8-14)16(21)18-9-1-2-10-19-11-3-4-15(19)12-20/h5-8,15,20H,1-4,9-12H2,(H,18,21). The van der Waals surface area contributed by atoms with Crippen molar-refractivity contribution in [1.82, 2.24) is 10.2 Å². The molecule has 2 N–H and O–H groups in total. The van der Waals surface area contributed by atoms with Crippen LogP contribution in [0.2, 0.25) is 5.02 Å². The molecule has 2 rings (SSSR count). The van der Waals surface area contributed by atoms with Crippen LogP contribution >= 0.6 is 11.6 Å². The number of aliphatic hydroxyl groups is 1. The molecule has 116 valence electrons. The van der Waals surface area contributed by atoms with Crippen LogP contribution in [0.25, 0.3) is 0 Å². The molecule has 0 aliphatic carbocycles. The van der Waals surface area contributed by atoms with E-state index in [9.17, 15) is 9.90 Å². The van der Waals surface area contributed by atoms with Crippen LogP contribution in [0, 0.1) is 0 Å². The highest BCUT2D eigenvalue weighted by atomic mass is 35.5. The minimum absolute atomic E-state index is 0.0546. The average molecular weight is 311 g/mol. The van der Waals surface area contributed by atoms with E-state index in [1.54, 1.807) is 24.3 Å². The molecule has 4 nitrogen and oxygen atoms in total. The van der Waals surface area contributed by atoms with Crippen molar-refractivity contribution in [2.24, 2.45) is 0 Å². The predicted octanol–water partition coefficient (Wildman–Crippen LogP) is 2.31. The molecule has 1 unspecified atom stereocenters. The van der Waals surface area contributed by atoms with E-state index in [1.165, 1.54) is 6.42 Å². The van der Waals surface area contributed by atoms with Gasteiger partial charge >= 0.3 is 0 Å². The van der Waals surface area contributed by atoms with Gasteiger partial charge in [-0.25, -0.2) is 0 Å². The van der Waals surface area contributed by atoms with Gasteiger partial charge in [0.05, 0.1) is 6.61 Å². The second-order valence-electron chi connectivity index (χ2n) is 5.48. The molecule has 0 aromatic heterocycles. The number of unbranched alkanes of at least 4 members (excludes halogenated alkanes) is 1. The molecule has 0 bridgehead atoms. The van der Waals surface area contributed by atoms with Crippen LogP contribution in [0.5, 0.6) is 0 Å². The lowest BCUT2D eigenvalue weighted by atomic mass is 10.2. The number of hydrogen-bond donors (Lipinski definition) is 2. The van der Waals surface area contributed by atoms with Crippen LogP contribution in [0.3, 0.4) is 0 Å². The highest BCUT2D eigenvalue weighted by Gasteiger charge is 2.22. The Morgan fingerprint density at radius 1 is 1.33 bits per heavy atom. The Morgan fingerprint density at radius 3 is 2.81 bits per heavy atom. The van der Waals surface area contributed by atoms with Gasteiger partial charge in [-0.05, 0) is 63.0 Å². The molecule has 21 heavy (non-hydrogen) atoms. The smallest absolute Gasteiger partial charge is 0.251 e. The molecule has 0 spiro atoms. The van der Waals surface area contributed by atoms with Gasteiger partial charge in [-0.3, -0.25) is 9.69 Å². The fourth-order valence-electron chi connectivity index (χ4n) is 2.74. The molecule has 1 amide bonds. The molecule has 5 heteroatoms. The van der Waals surface area contributed by atoms with Gasteiger partial charge in [0.2, 0.25) is 0 Å². The molecular formula is C16H23ClN2O2. The SMILES string of the molecule is O=C(NCCCCN1CCCC1CO)c1ccc(Cl)cc1. The summed E-state index contributed by atoms with van der Waals surface area (Å²) in [6, 6.07) is 7.24. The van der Waals surface area contributed by atoms with Gasteiger partial charge in [0.1, 0.15) is 0 Å². The summed E-state index contributed by atoms with van der Waals surface area (Å²) in [4.78, 5) is 14.2. The van der Waals surface area contributed by atoms with E-state index in [2.05, 4.69) is 10.2 Å². The van der Waals surface area contributed by atoms with Crippen molar-refractivity contribution >= 4 is 17.5 Å². The number of likely N-dealkylation sites (tertiary alicyclic amines) is 1. The van der Waals surface area contributed by atoms with Crippen LogP contribution in [0.1, 0.15) is 36.0 Å².